The third-order valence-corrected chi connectivity index (χ3v) is 5.18. The molecular weight excluding hydrogens is 407 g/mol. The minimum Gasteiger partial charge on any atom is -0.355 e. The van der Waals surface area contributed by atoms with Gasteiger partial charge in [0.25, 0.3) is 0 Å². The van der Waals surface area contributed by atoms with Crippen molar-refractivity contribution in [1.29, 1.82) is 0 Å². The maximum absolute atomic E-state index is 13.3. The number of rotatable bonds is 7. The van der Waals surface area contributed by atoms with Crippen molar-refractivity contribution in [2.24, 2.45) is 4.99 Å². The lowest BCUT2D eigenvalue weighted by molar-refractivity contribution is -0.123. The number of nitrogens with zero attached hydrogens (tertiary/aromatic N) is 3. The summed E-state index contributed by atoms with van der Waals surface area (Å²) in [6.07, 6.45) is 3.22. The molecule has 1 aliphatic rings. The van der Waals surface area contributed by atoms with E-state index >= 15 is 0 Å². The van der Waals surface area contributed by atoms with Gasteiger partial charge in [0, 0.05) is 12.7 Å². The number of carbonyl (C=O) groups is 2. The average molecular weight is 430 g/mol. The number of amides is 2. The Hall–Kier alpha value is -3.87. The Kier molecular flexibility index (Phi) is 6.65. The molecule has 0 atom stereocenters. The molecule has 6 nitrogen and oxygen atoms in total. The largest absolute Gasteiger partial charge is 0.355 e. The third kappa shape index (κ3) is 5.24. The Balaban J connectivity index is 1.43. The molecule has 0 saturated heterocycles. The molecule has 0 aliphatic carbocycles. The molecule has 162 valence electrons. The van der Waals surface area contributed by atoms with Gasteiger partial charge in [-0.3, -0.25) is 14.5 Å². The van der Waals surface area contributed by atoms with E-state index in [4.69, 9.17) is 0 Å². The number of hydrogen-bond donors (Lipinski definition) is 1. The number of carbonyl (C=O) groups excluding carboxylic acids is 2. The topological polar surface area (TPSA) is 74.7 Å². The van der Waals surface area contributed by atoms with Crippen LogP contribution in [0.1, 0.15) is 24.0 Å². The highest BCUT2D eigenvalue weighted by molar-refractivity contribution is 6.18. The van der Waals surface area contributed by atoms with E-state index in [9.17, 15) is 14.0 Å². The van der Waals surface area contributed by atoms with Gasteiger partial charge in [-0.2, -0.15) is 0 Å². The van der Waals surface area contributed by atoms with E-state index in [1.165, 1.54) is 22.6 Å². The molecule has 2 aromatic carbocycles. The summed E-state index contributed by atoms with van der Waals surface area (Å²) in [7, 11) is 0. The van der Waals surface area contributed by atoms with E-state index in [-0.39, 0.29) is 30.6 Å². The molecule has 2 heterocycles. The lowest BCUT2D eigenvalue weighted by Gasteiger charge is -2.20. The molecule has 3 aromatic rings. The first kappa shape index (κ1) is 21.4. The zero-order valence-electron chi connectivity index (χ0n) is 17.5. The predicted octanol–water partition coefficient (Wildman–Crippen LogP) is 3.83. The SMILES string of the molecule is O=C(CN1C(=O)CC(c2ccc(F)cc2)=Nc2cccnc21)NCCCc1ccccc1. The molecule has 7 heteroatoms. The van der Waals surface area contributed by atoms with Crippen LogP contribution in [0.4, 0.5) is 15.9 Å². The van der Waals surface area contributed by atoms with E-state index < -0.39 is 0 Å². The monoisotopic (exact) mass is 430 g/mol. The second kappa shape index (κ2) is 9.96. The molecule has 32 heavy (non-hydrogen) atoms. The zero-order valence-corrected chi connectivity index (χ0v) is 17.5. The average Bonchev–Trinajstić information content (AvgIpc) is 2.94. The second-order valence-electron chi connectivity index (χ2n) is 7.51. The highest BCUT2D eigenvalue weighted by atomic mass is 19.1. The molecule has 4 rings (SSSR count). The van der Waals surface area contributed by atoms with E-state index in [0.717, 1.165) is 12.8 Å². The quantitative estimate of drug-likeness (QED) is 0.579. The first-order valence-electron chi connectivity index (χ1n) is 10.5. The smallest absolute Gasteiger partial charge is 0.240 e. The van der Waals surface area contributed by atoms with Crippen LogP contribution in [0.25, 0.3) is 0 Å². The fourth-order valence-electron chi connectivity index (χ4n) is 3.56. The maximum Gasteiger partial charge on any atom is 0.240 e. The molecule has 0 saturated carbocycles. The summed E-state index contributed by atoms with van der Waals surface area (Å²) < 4.78 is 13.3. The molecule has 0 spiro atoms. The van der Waals surface area contributed by atoms with Crippen molar-refractivity contribution in [3.63, 3.8) is 0 Å². The number of aryl methyl sites for hydroxylation is 1. The van der Waals surface area contributed by atoms with Crippen LogP contribution in [0.2, 0.25) is 0 Å². The molecule has 0 bridgehead atoms. The molecular formula is C25H23FN4O2. The van der Waals surface area contributed by atoms with Gasteiger partial charge >= 0.3 is 0 Å². The number of hydrogen-bond acceptors (Lipinski definition) is 4. The third-order valence-electron chi connectivity index (χ3n) is 5.18. The Morgan fingerprint density at radius 3 is 2.59 bits per heavy atom. The van der Waals surface area contributed by atoms with Gasteiger partial charge in [-0.1, -0.05) is 42.5 Å². The number of fused-ring (bicyclic) bond motifs is 1. The number of halogens is 1. The zero-order chi connectivity index (χ0) is 22.3. The van der Waals surface area contributed by atoms with E-state index in [0.29, 0.717) is 29.3 Å². The minimum atomic E-state index is -0.359. The standard InChI is InChI=1S/C25H23FN4O2/c26-20-12-10-19(11-13-20)22-16-24(32)30(25-21(29-22)9-5-15-28-25)17-23(31)27-14-4-8-18-6-2-1-3-7-18/h1-3,5-7,9-13,15H,4,8,14,16-17H2,(H,27,31). The second-order valence-corrected chi connectivity index (χ2v) is 7.51. The van der Waals surface area contributed by atoms with E-state index in [1.807, 2.05) is 18.2 Å². The Labute approximate surface area is 185 Å². The normalized spacial score (nSPS) is 13.2. The summed E-state index contributed by atoms with van der Waals surface area (Å²) in [5, 5.41) is 2.88. The highest BCUT2D eigenvalue weighted by Crippen LogP contribution is 2.30. The van der Waals surface area contributed by atoms with E-state index in [1.54, 1.807) is 30.5 Å². The molecule has 1 aliphatic heterocycles. The van der Waals surface area contributed by atoms with Crippen molar-refractivity contribution < 1.29 is 14.0 Å². The summed E-state index contributed by atoms with van der Waals surface area (Å²) in [5.41, 5.74) is 2.87. The van der Waals surface area contributed by atoms with Gasteiger partial charge < -0.3 is 5.32 Å². The first-order chi connectivity index (χ1) is 15.6. The molecule has 0 fully saturated rings. The van der Waals surface area contributed by atoms with Crippen LogP contribution >= 0.6 is 0 Å². The van der Waals surface area contributed by atoms with Gasteiger partial charge in [0.15, 0.2) is 5.82 Å². The number of benzene rings is 2. The van der Waals surface area contributed by atoms with Crippen molar-refractivity contribution in [3.05, 3.63) is 89.9 Å². The minimum absolute atomic E-state index is 0.0106. The van der Waals surface area contributed by atoms with Crippen molar-refractivity contribution in [2.75, 3.05) is 18.0 Å². The number of pyridine rings is 1. The molecule has 0 radical (unpaired) electrons. The van der Waals surface area contributed by atoms with Crippen LogP contribution in [0.15, 0.2) is 77.9 Å². The van der Waals surface area contributed by atoms with Gasteiger partial charge in [-0.15, -0.1) is 0 Å². The van der Waals surface area contributed by atoms with Gasteiger partial charge in [0.1, 0.15) is 18.0 Å². The molecule has 0 unspecified atom stereocenters. The summed E-state index contributed by atoms with van der Waals surface area (Å²) in [6.45, 7) is 0.378. The van der Waals surface area contributed by atoms with Gasteiger partial charge in [0.2, 0.25) is 11.8 Å². The number of anilines is 1. The Bertz CT molecular complexity index is 1130. The van der Waals surface area contributed by atoms with Gasteiger partial charge in [0.05, 0.1) is 12.1 Å². The van der Waals surface area contributed by atoms with Crippen molar-refractivity contribution >= 4 is 29.0 Å². The van der Waals surface area contributed by atoms with Crippen molar-refractivity contribution in [1.82, 2.24) is 10.3 Å². The van der Waals surface area contributed by atoms with Gasteiger partial charge in [-0.05, 0) is 48.2 Å². The van der Waals surface area contributed by atoms with Crippen LogP contribution in [0.3, 0.4) is 0 Å². The van der Waals surface area contributed by atoms with Crippen LogP contribution in [-0.2, 0) is 16.0 Å². The van der Waals surface area contributed by atoms with Crippen LogP contribution in [0.5, 0.6) is 0 Å². The molecule has 2 amide bonds. The summed E-state index contributed by atoms with van der Waals surface area (Å²) in [4.78, 5) is 35.9. The molecule has 1 aromatic heterocycles. The Morgan fingerprint density at radius 1 is 1.03 bits per heavy atom. The Morgan fingerprint density at radius 2 is 1.81 bits per heavy atom. The fraction of sp³-hybridized carbons (Fsp3) is 0.200. The summed E-state index contributed by atoms with van der Waals surface area (Å²) in [5.74, 6) is -0.561. The highest BCUT2D eigenvalue weighted by Gasteiger charge is 2.27. The lowest BCUT2D eigenvalue weighted by atomic mass is 10.1. The lowest BCUT2D eigenvalue weighted by Crippen LogP contribution is -2.41. The molecule has 1 N–H and O–H groups in total. The summed E-state index contributed by atoms with van der Waals surface area (Å²) >= 11 is 0. The number of nitrogens with one attached hydrogen (secondary N) is 1. The predicted molar refractivity (Wildman–Crippen MR) is 122 cm³/mol. The fourth-order valence-corrected chi connectivity index (χ4v) is 3.56. The van der Waals surface area contributed by atoms with Crippen LogP contribution in [-0.4, -0.2) is 35.6 Å². The number of aliphatic imine (C=N–C) groups is 1. The van der Waals surface area contributed by atoms with Gasteiger partial charge in [-0.25, -0.2) is 14.4 Å². The number of aromatic nitrogens is 1. The van der Waals surface area contributed by atoms with E-state index in [2.05, 4.69) is 27.4 Å². The summed E-state index contributed by atoms with van der Waals surface area (Å²) in [6, 6.07) is 19.4. The van der Waals surface area contributed by atoms with Crippen LogP contribution < -0.4 is 10.2 Å². The van der Waals surface area contributed by atoms with Crippen LogP contribution in [0, 0.1) is 5.82 Å². The first-order valence-corrected chi connectivity index (χ1v) is 10.5. The maximum atomic E-state index is 13.3. The van der Waals surface area contributed by atoms with Crippen molar-refractivity contribution in [3.8, 4) is 0 Å². The van der Waals surface area contributed by atoms with Crippen molar-refractivity contribution in [2.45, 2.75) is 19.3 Å².